The molecule has 8 heteroatoms. The fourth-order valence-corrected chi connectivity index (χ4v) is 5.29. The Morgan fingerprint density at radius 3 is 3.14 bits per heavy atom. The number of rotatable bonds is 4. The minimum absolute atomic E-state index is 0.117. The highest BCUT2D eigenvalue weighted by molar-refractivity contribution is 7.19. The summed E-state index contributed by atoms with van der Waals surface area (Å²) in [4.78, 5) is 27.1. The third-order valence-corrected chi connectivity index (χ3v) is 6.60. The molecule has 0 bridgehead atoms. The van der Waals surface area contributed by atoms with E-state index in [4.69, 9.17) is 4.74 Å². The summed E-state index contributed by atoms with van der Waals surface area (Å²) in [6, 6.07) is 3.29. The zero-order valence-corrected chi connectivity index (χ0v) is 16.7. The molecule has 1 aromatic carbocycles. The first-order valence-electron chi connectivity index (χ1n) is 9.65. The number of nitrogens with one attached hydrogen (secondary N) is 1. The van der Waals surface area contributed by atoms with Gasteiger partial charge >= 0.3 is 5.97 Å². The number of fused-ring (bicyclic) bond motifs is 4. The average Bonchev–Trinajstić information content (AvgIpc) is 3.31. The van der Waals surface area contributed by atoms with Crippen molar-refractivity contribution in [2.45, 2.75) is 32.7 Å². The summed E-state index contributed by atoms with van der Waals surface area (Å²) in [5.41, 5.74) is 3.33. The Kier molecular flexibility index (Phi) is 4.50. The van der Waals surface area contributed by atoms with Crippen LogP contribution in [0, 0.1) is 11.7 Å². The lowest BCUT2D eigenvalue weighted by molar-refractivity contribution is -0.148. The van der Waals surface area contributed by atoms with Crippen molar-refractivity contribution in [3.63, 3.8) is 0 Å². The molecule has 1 aliphatic carbocycles. The second-order valence-corrected chi connectivity index (χ2v) is 8.31. The van der Waals surface area contributed by atoms with Crippen LogP contribution in [0.1, 0.15) is 34.9 Å². The molecule has 148 valence electrons. The van der Waals surface area contributed by atoms with E-state index in [9.17, 15) is 9.18 Å². The number of aryl methyl sites for hydroxylation is 1. The Morgan fingerprint density at radius 2 is 2.28 bits per heavy atom. The van der Waals surface area contributed by atoms with Crippen molar-refractivity contribution in [2.24, 2.45) is 10.9 Å². The first kappa shape index (κ1) is 18.2. The van der Waals surface area contributed by atoms with Gasteiger partial charge in [0.15, 0.2) is 0 Å². The molecule has 0 saturated carbocycles. The largest absolute Gasteiger partial charge is 0.466 e. The number of anilines is 2. The molecule has 0 spiro atoms. The maximum Gasteiger partial charge on any atom is 0.309 e. The molecule has 3 aromatic rings. The van der Waals surface area contributed by atoms with Crippen molar-refractivity contribution in [2.75, 3.05) is 11.9 Å². The fraction of sp³-hybridized carbons (Fsp3) is 0.333. The Balaban J connectivity index is 1.51. The number of benzene rings is 1. The van der Waals surface area contributed by atoms with Gasteiger partial charge < -0.3 is 10.1 Å². The van der Waals surface area contributed by atoms with Crippen LogP contribution >= 0.6 is 11.3 Å². The molecule has 1 unspecified atom stereocenters. The van der Waals surface area contributed by atoms with E-state index < -0.39 is 0 Å². The smallest absolute Gasteiger partial charge is 0.309 e. The summed E-state index contributed by atoms with van der Waals surface area (Å²) in [6.07, 6.45) is 5.38. The van der Waals surface area contributed by atoms with E-state index in [1.807, 2.05) is 6.92 Å². The van der Waals surface area contributed by atoms with Crippen LogP contribution in [0.3, 0.4) is 0 Å². The molecular weight excluding hydrogens is 391 g/mol. The SMILES string of the molecule is CCOC(=O)C1CCc2c(sc3ncnc(Nc4cc5c(cc4F)CN=C5)c23)C1. The second-order valence-electron chi connectivity index (χ2n) is 7.22. The molecular formula is C21H19FN4O2S. The molecule has 1 atom stereocenters. The van der Waals surface area contributed by atoms with E-state index in [0.717, 1.165) is 44.6 Å². The number of ether oxygens (including phenoxy) is 1. The standard InChI is InChI=1S/C21H19FN4O2S/c1-2-28-21(27)11-3-4-14-17(7-11)29-20-18(14)19(24-10-25-20)26-16-6-13-9-23-8-12(13)5-15(16)22/h5-6,9-11H,2-4,7-8H2,1H3,(H,24,25,26). The fourth-order valence-electron chi connectivity index (χ4n) is 4.02. The van der Waals surface area contributed by atoms with Crippen molar-refractivity contribution < 1.29 is 13.9 Å². The molecule has 0 radical (unpaired) electrons. The monoisotopic (exact) mass is 410 g/mol. The van der Waals surface area contributed by atoms with Crippen LogP contribution < -0.4 is 5.32 Å². The van der Waals surface area contributed by atoms with Crippen LogP contribution in [0.4, 0.5) is 15.9 Å². The second kappa shape index (κ2) is 7.18. The molecule has 0 amide bonds. The van der Waals surface area contributed by atoms with Gasteiger partial charge in [0.25, 0.3) is 0 Å². The topological polar surface area (TPSA) is 76.5 Å². The van der Waals surface area contributed by atoms with E-state index in [1.54, 1.807) is 23.6 Å². The Bertz CT molecular complexity index is 1160. The van der Waals surface area contributed by atoms with E-state index in [1.165, 1.54) is 12.4 Å². The minimum atomic E-state index is -0.326. The van der Waals surface area contributed by atoms with Crippen LogP contribution in [-0.4, -0.2) is 28.8 Å². The average molecular weight is 410 g/mol. The van der Waals surface area contributed by atoms with Crippen LogP contribution in [0.2, 0.25) is 0 Å². The number of nitrogens with zero attached hydrogens (tertiary/aromatic N) is 3. The first-order valence-corrected chi connectivity index (χ1v) is 10.5. The van der Waals surface area contributed by atoms with E-state index >= 15 is 0 Å². The summed E-state index contributed by atoms with van der Waals surface area (Å²) in [5, 5.41) is 4.08. The van der Waals surface area contributed by atoms with Crippen molar-refractivity contribution in [3.8, 4) is 0 Å². The van der Waals surface area contributed by atoms with E-state index in [2.05, 4.69) is 20.3 Å². The van der Waals surface area contributed by atoms with Gasteiger partial charge in [-0.1, -0.05) is 0 Å². The highest BCUT2D eigenvalue weighted by Crippen LogP contribution is 2.41. The minimum Gasteiger partial charge on any atom is -0.466 e. The first-order chi connectivity index (χ1) is 14.1. The van der Waals surface area contributed by atoms with Crippen molar-refractivity contribution in [1.82, 2.24) is 9.97 Å². The lowest BCUT2D eigenvalue weighted by atomic mass is 9.88. The third kappa shape index (κ3) is 3.17. The van der Waals surface area contributed by atoms with Gasteiger partial charge in [0.1, 0.15) is 22.8 Å². The number of aromatic nitrogens is 2. The predicted molar refractivity (Wildman–Crippen MR) is 111 cm³/mol. The summed E-state index contributed by atoms with van der Waals surface area (Å²) in [6.45, 7) is 2.73. The highest BCUT2D eigenvalue weighted by Gasteiger charge is 2.30. The Hall–Kier alpha value is -2.87. The van der Waals surface area contributed by atoms with Gasteiger partial charge in [-0.05, 0) is 55.0 Å². The predicted octanol–water partition coefficient (Wildman–Crippen LogP) is 4.17. The van der Waals surface area contributed by atoms with Crippen molar-refractivity contribution >= 4 is 45.2 Å². The molecule has 2 aliphatic rings. The summed E-state index contributed by atoms with van der Waals surface area (Å²) in [7, 11) is 0. The van der Waals surface area contributed by atoms with E-state index in [0.29, 0.717) is 31.1 Å². The molecule has 0 saturated heterocycles. The number of esters is 1. The van der Waals surface area contributed by atoms with Crippen LogP contribution in [0.5, 0.6) is 0 Å². The molecule has 1 aliphatic heterocycles. The third-order valence-electron chi connectivity index (χ3n) is 5.44. The number of thiophene rings is 1. The van der Waals surface area contributed by atoms with Crippen LogP contribution in [0.25, 0.3) is 10.2 Å². The quantitative estimate of drug-likeness (QED) is 0.653. The maximum atomic E-state index is 14.6. The summed E-state index contributed by atoms with van der Waals surface area (Å²) < 4.78 is 19.8. The molecule has 3 heterocycles. The molecule has 2 aromatic heterocycles. The van der Waals surface area contributed by atoms with Gasteiger partial charge in [-0.3, -0.25) is 9.79 Å². The number of hydrogen-bond acceptors (Lipinski definition) is 7. The zero-order valence-electron chi connectivity index (χ0n) is 15.9. The molecule has 29 heavy (non-hydrogen) atoms. The van der Waals surface area contributed by atoms with Crippen LogP contribution in [0.15, 0.2) is 23.5 Å². The van der Waals surface area contributed by atoms with Gasteiger partial charge in [0, 0.05) is 11.1 Å². The molecule has 0 fully saturated rings. The number of carbonyl (C=O) groups is 1. The lowest BCUT2D eigenvalue weighted by Gasteiger charge is -2.20. The van der Waals surface area contributed by atoms with Gasteiger partial charge in [-0.15, -0.1) is 11.3 Å². The molecule has 6 nitrogen and oxygen atoms in total. The number of hydrogen-bond donors (Lipinski definition) is 1. The molecule has 1 N–H and O–H groups in total. The number of aliphatic imine (C=N–C) groups is 1. The highest BCUT2D eigenvalue weighted by atomic mass is 32.1. The van der Waals surface area contributed by atoms with Crippen molar-refractivity contribution in [3.05, 3.63) is 45.8 Å². The maximum absolute atomic E-state index is 14.6. The molecule has 5 rings (SSSR count). The van der Waals surface area contributed by atoms with Crippen molar-refractivity contribution in [1.29, 1.82) is 0 Å². The normalized spacial score (nSPS) is 17.2. The van der Waals surface area contributed by atoms with Crippen LogP contribution in [-0.2, 0) is 28.9 Å². The van der Waals surface area contributed by atoms with Gasteiger partial charge in [-0.25, -0.2) is 14.4 Å². The number of carbonyl (C=O) groups excluding carboxylic acids is 1. The summed E-state index contributed by atoms with van der Waals surface area (Å²) >= 11 is 1.57. The van der Waals surface area contributed by atoms with E-state index in [-0.39, 0.29) is 17.7 Å². The summed E-state index contributed by atoms with van der Waals surface area (Å²) in [5.74, 6) is 0.0126. The van der Waals surface area contributed by atoms with Gasteiger partial charge in [-0.2, -0.15) is 0 Å². The zero-order chi connectivity index (χ0) is 20.0. The lowest BCUT2D eigenvalue weighted by Crippen LogP contribution is -2.23. The van der Waals surface area contributed by atoms with Gasteiger partial charge in [0.05, 0.1) is 30.1 Å². The number of halogens is 1. The Labute approximate surface area is 170 Å². The Morgan fingerprint density at radius 1 is 1.38 bits per heavy atom. The van der Waals surface area contributed by atoms with Gasteiger partial charge in [0.2, 0.25) is 0 Å².